The van der Waals surface area contributed by atoms with E-state index in [4.69, 9.17) is 4.74 Å². The number of hydrogen-bond donors (Lipinski definition) is 2. The van der Waals surface area contributed by atoms with Crippen LogP contribution >= 0.6 is 0 Å². The number of fused-ring (bicyclic) bond motifs is 1. The van der Waals surface area contributed by atoms with Crippen LogP contribution in [0.15, 0.2) is 66.9 Å². The molecule has 3 heterocycles. The lowest BCUT2D eigenvalue weighted by Crippen LogP contribution is -2.47. The highest BCUT2D eigenvalue weighted by atomic mass is 16.5. The van der Waals surface area contributed by atoms with E-state index >= 15 is 0 Å². The third kappa shape index (κ3) is 4.76. The molecule has 5 rings (SSSR count). The van der Waals surface area contributed by atoms with Crippen LogP contribution in [0.4, 0.5) is 11.5 Å². The smallest absolute Gasteiger partial charge is 0.257 e. The number of benzene rings is 2. The van der Waals surface area contributed by atoms with Crippen LogP contribution in [-0.4, -0.2) is 64.7 Å². The number of nitrogens with zero attached hydrogens (tertiary/aromatic N) is 3. The predicted octanol–water partition coefficient (Wildman–Crippen LogP) is 3.47. The number of amides is 1. The van der Waals surface area contributed by atoms with Crippen LogP contribution in [0, 0.1) is 0 Å². The fraction of sp³-hybridized carbons (Fsp3) is 0.333. The predicted molar refractivity (Wildman–Crippen MR) is 131 cm³/mol. The lowest BCUT2D eigenvalue weighted by molar-refractivity contribution is 0.00806. The standard InChI is InChI=1S/C27H30N4O3/c1-34-23-10-8-22(9-11-23)29-25-24(7-4-14-28-25)26(32)31-16-13-27(33,19-31)18-30-15-12-20-5-2-3-6-21(20)17-30/h2-11,14,33H,12-13,15-19H2,1H3,(H,28,29). The Morgan fingerprint density at radius 1 is 1.09 bits per heavy atom. The number of anilines is 2. The monoisotopic (exact) mass is 458 g/mol. The molecule has 34 heavy (non-hydrogen) atoms. The van der Waals surface area contributed by atoms with Gasteiger partial charge in [-0.05, 0) is 60.4 Å². The van der Waals surface area contributed by atoms with Gasteiger partial charge in [-0.3, -0.25) is 9.69 Å². The second-order valence-electron chi connectivity index (χ2n) is 9.18. The first-order valence-corrected chi connectivity index (χ1v) is 11.7. The highest BCUT2D eigenvalue weighted by molar-refractivity contribution is 5.99. The fourth-order valence-electron chi connectivity index (χ4n) is 4.92. The van der Waals surface area contributed by atoms with Crippen molar-refractivity contribution in [2.75, 3.05) is 38.6 Å². The Kier molecular flexibility index (Phi) is 6.22. The molecular weight excluding hydrogens is 428 g/mol. The van der Waals surface area contributed by atoms with Crippen molar-refractivity contribution in [1.82, 2.24) is 14.8 Å². The summed E-state index contributed by atoms with van der Waals surface area (Å²) in [5.74, 6) is 1.14. The maximum Gasteiger partial charge on any atom is 0.257 e. The van der Waals surface area contributed by atoms with Crippen LogP contribution in [0.25, 0.3) is 0 Å². The topological polar surface area (TPSA) is 77.9 Å². The number of nitrogens with one attached hydrogen (secondary N) is 1. The summed E-state index contributed by atoms with van der Waals surface area (Å²) < 4.78 is 5.21. The van der Waals surface area contributed by atoms with Gasteiger partial charge in [-0.2, -0.15) is 0 Å². The van der Waals surface area contributed by atoms with Gasteiger partial charge in [-0.25, -0.2) is 4.98 Å². The molecule has 2 aliphatic heterocycles. The number of pyridine rings is 1. The van der Waals surface area contributed by atoms with E-state index in [1.165, 1.54) is 11.1 Å². The van der Waals surface area contributed by atoms with Crippen molar-refractivity contribution in [3.05, 3.63) is 83.6 Å². The first-order chi connectivity index (χ1) is 16.5. The first-order valence-electron chi connectivity index (χ1n) is 11.7. The van der Waals surface area contributed by atoms with Crippen LogP contribution in [0.2, 0.25) is 0 Å². The second-order valence-corrected chi connectivity index (χ2v) is 9.18. The molecule has 0 aliphatic carbocycles. The van der Waals surface area contributed by atoms with Crippen molar-refractivity contribution in [3.8, 4) is 5.75 Å². The Labute approximate surface area is 200 Å². The summed E-state index contributed by atoms with van der Waals surface area (Å²) in [5.41, 5.74) is 3.12. The lowest BCUT2D eigenvalue weighted by atomic mass is 9.97. The highest BCUT2D eigenvalue weighted by Crippen LogP contribution is 2.29. The van der Waals surface area contributed by atoms with E-state index < -0.39 is 5.60 Å². The van der Waals surface area contributed by atoms with Crippen molar-refractivity contribution in [1.29, 1.82) is 0 Å². The number of likely N-dealkylation sites (tertiary alicyclic amines) is 1. The van der Waals surface area contributed by atoms with Crippen LogP contribution < -0.4 is 10.1 Å². The number of β-amino-alcohol motifs (C(OH)–C–C–N with tert-alkyl or cyclic N) is 1. The quantitative estimate of drug-likeness (QED) is 0.589. The van der Waals surface area contributed by atoms with Gasteiger partial charge in [-0.15, -0.1) is 0 Å². The first kappa shape index (κ1) is 22.4. The summed E-state index contributed by atoms with van der Waals surface area (Å²) >= 11 is 0. The zero-order valence-electron chi connectivity index (χ0n) is 19.4. The molecular formula is C27H30N4O3. The van der Waals surface area contributed by atoms with Gasteiger partial charge in [0, 0.05) is 38.1 Å². The van der Waals surface area contributed by atoms with Gasteiger partial charge in [0.2, 0.25) is 0 Å². The van der Waals surface area contributed by atoms with Crippen molar-refractivity contribution < 1.29 is 14.6 Å². The normalized spacial score (nSPS) is 20.1. The Bertz CT molecular complexity index is 1170. The third-order valence-corrected chi connectivity index (χ3v) is 6.74. The molecule has 0 spiro atoms. The van der Waals surface area contributed by atoms with Gasteiger partial charge in [0.15, 0.2) is 0 Å². The van der Waals surface area contributed by atoms with E-state index in [2.05, 4.69) is 39.5 Å². The summed E-state index contributed by atoms with van der Waals surface area (Å²) in [6.07, 6.45) is 3.22. The van der Waals surface area contributed by atoms with Crippen LogP contribution in [0.1, 0.15) is 27.9 Å². The van der Waals surface area contributed by atoms with E-state index in [0.717, 1.165) is 30.9 Å². The summed E-state index contributed by atoms with van der Waals surface area (Å²) in [5, 5.41) is 14.6. The van der Waals surface area contributed by atoms with Gasteiger partial charge in [0.25, 0.3) is 5.91 Å². The van der Waals surface area contributed by atoms with Gasteiger partial charge in [0.05, 0.1) is 24.8 Å². The molecule has 1 saturated heterocycles. The molecule has 0 radical (unpaired) electrons. The SMILES string of the molecule is COc1ccc(Nc2ncccc2C(=O)N2CCC(O)(CN3CCc4ccccc4C3)C2)cc1. The molecule has 1 unspecified atom stereocenters. The van der Waals surface area contributed by atoms with Crippen molar-refractivity contribution in [3.63, 3.8) is 0 Å². The highest BCUT2D eigenvalue weighted by Gasteiger charge is 2.40. The molecule has 176 valence electrons. The Morgan fingerprint density at radius 2 is 1.88 bits per heavy atom. The molecule has 2 aromatic carbocycles. The van der Waals surface area contributed by atoms with Crippen LogP contribution in [0.5, 0.6) is 5.75 Å². The minimum Gasteiger partial charge on any atom is -0.497 e. The van der Waals surface area contributed by atoms with Gasteiger partial charge in [0.1, 0.15) is 11.6 Å². The maximum absolute atomic E-state index is 13.4. The van der Waals surface area contributed by atoms with E-state index in [-0.39, 0.29) is 5.91 Å². The zero-order valence-corrected chi connectivity index (χ0v) is 19.4. The van der Waals surface area contributed by atoms with Crippen LogP contribution in [0.3, 0.4) is 0 Å². The van der Waals surface area contributed by atoms with E-state index in [1.807, 2.05) is 24.3 Å². The number of rotatable bonds is 6. The summed E-state index contributed by atoms with van der Waals surface area (Å²) in [4.78, 5) is 21.8. The summed E-state index contributed by atoms with van der Waals surface area (Å²) in [6.45, 7) is 3.17. The Morgan fingerprint density at radius 3 is 2.68 bits per heavy atom. The van der Waals surface area contributed by atoms with Gasteiger partial charge < -0.3 is 20.1 Å². The fourth-order valence-corrected chi connectivity index (χ4v) is 4.92. The number of aliphatic hydroxyl groups is 1. The molecule has 2 aliphatic rings. The third-order valence-electron chi connectivity index (χ3n) is 6.74. The Balaban J connectivity index is 1.25. The number of carbonyl (C=O) groups excluding carboxylic acids is 1. The van der Waals surface area contributed by atoms with Crippen LogP contribution in [-0.2, 0) is 13.0 Å². The second kappa shape index (κ2) is 9.44. The van der Waals surface area contributed by atoms with Crippen molar-refractivity contribution >= 4 is 17.4 Å². The van der Waals surface area contributed by atoms with Crippen molar-refractivity contribution in [2.45, 2.75) is 25.0 Å². The van der Waals surface area contributed by atoms with Gasteiger partial charge in [-0.1, -0.05) is 24.3 Å². The van der Waals surface area contributed by atoms with E-state index in [0.29, 0.717) is 37.4 Å². The number of carbonyl (C=O) groups is 1. The largest absolute Gasteiger partial charge is 0.497 e. The minimum absolute atomic E-state index is 0.121. The van der Waals surface area contributed by atoms with E-state index in [1.54, 1.807) is 30.3 Å². The maximum atomic E-state index is 13.4. The molecule has 1 fully saturated rings. The van der Waals surface area contributed by atoms with Crippen molar-refractivity contribution in [2.24, 2.45) is 0 Å². The van der Waals surface area contributed by atoms with E-state index in [9.17, 15) is 9.90 Å². The average molecular weight is 459 g/mol. The molecule has 1 aromatic heterocycles. The number of methoxy groups -OCH3 is 1. The molecule has 7 nitrogen and oxygen atoms in total. The number of hydrogen-bond acceptors (Lipinski definition) is 6. The molecule has 3 aromatic rings. The average Bonchev–Trinajstić information content (AvgIpc) is 3.26. The molecule has 2 N–H and O–H groups in total. The molecule has 0 bridgehead atoms. The molecule has 1 atom stereocenters. The molecule has 7 heteroatoms. The van der Waals surface area contributed by atoms with Gasteiger partial charge >= 0.3 is 0 Å². The summed E-state index contributed by atoms with van der Waals surface area (Å²) in [7, 11) is 1.62. The Hall–Kier alpha value is -3.42. The summed E-state index contributed by atoms with van der Waals surface area (Å²) in [6, 6.07) is 19.5. The lowest BCUT2D eigenvalue weighted by Gasteiger charge is -2.34. The zero-order chi connectivity index (χ0) is 23.5. The number of ether oxygens (including phenoxy) is 1. The molecule has 1 amide bonds. The minimum atomic E-state index is -0.909. The number of aromatic nitrogens is 1. The molecule has 0 saturated carbocycles.